The van der Waals surface area contributed by atoms with E-state index < -0.39 is 17.4 Å². The summed E-state index contributed by atoms with van der Waals surface area (Å²) in [5, 5.41) is 23.6. The number of benzene rings is 3. The monoisotopic (exact) mass is 372 g/mol. The van der Waals surface area contributed by atoms with Crippen LogP contribution in [-0.4, -0.2) is 22.5 Å². The lowest BCUT2D eigenvalue weighted by atomic mass is 9.81. The highest BCUT2D eigenvalue weighted by Gasteiger charge is 2.38. The van der Waals surface area contributed by atoms with E-state index in [0.29, 0.717) is 16.7 Å². The molecule has 1 amide bonds. The molecule has 5 nitrogen and oxygen atoms in total. The van der Waals surface area contributed by atoms with Crippen molar-refractivity contribution in [3.05, 3.63) is 83.4 Å². The van der Waals surface area contributed by atoms with E-state index in [1.165, 1.54) is 0 Å². The molecule has 3 rings (SSSR count). The molecule has 1 unspecified atom stereocenters. The van der Waals surface area contributed by atoms with Gasteiger partial charge in [-0.1, -0.05) is 42.5 Å². The maximum Gasteiger partial charge on any atom is 0.313 e. The number of hydrogen-bond donors (Lipinski definition) is 2. The molecule has 0 radical (unpaired) electrons. The van der Waals surface area contributed by atoms with Crippen molar-refractivity contribution in [1.29, 1.82) is 5.26 Å². The quantitative estimate of drug-likeness (QED) is 0.706. The molecule has 0 fully saturated rings. The van der Waals surface area contributed by atoms with Crippen LogP contribution in [0.1, 0.15) is 41.3 Å². The third-order valence-corrected chi connectivity index (χ3v) is 4.79. The number of fused-ring (bicyclic) bond motifs is 1. The Bertz CT molecular complexity index is 1080. The molecule has 0 bridgehead atoms. The summed E-state index contributed by atoms with van der Waals surface area (Å²) in [4.78, 5) is 24.7. The maximum absolute atomic E-state index is 12.6. The van der Waals surface area contributed by atoms with Crippen molar-refractivity contribution in [3.8, 4) is 6.07 Å². The predicted octanol–water partition coefficient (Wildman–Crippen LogP) is 4.09. The Morgan fingerprint density at radius 1 is 1.00 bits per heavy atom. The number of carbonyl (C=O) groups excluding carboxylic acids is 1. The van der Waals surface area contributed by atoms with Crippen LogP contribution in [0.4, 0.5) is 0 Å². The van der Waals surface area contributed by atoms with Crippen LogP contribution in [0.5, 0.6) is 0 Å². The van der Waals surface area contributed by atoms with Crippen molar-refractivity contribution < 1.29 is 14.7 Å². The second kappa shape index (κ2) is 7.53. The van der Waals surface area contributed by atoms with Gasteiger partial charge in [-0.15, -0.1) is 0 Å². The summed E-state index contributed by atoms with van der Waals surface area (Å²) in [7, 11) is 0. The van der Waals surface area contributed by atoms with E-state index in [1.807, 2.05) is 42.5 Å². The largest absolute Gasteiger partial charge is 0.481 e. The zero-order valence-corrected chi connectivity index (χ0v) is 15.6. The van der Waals surface area contributed by atoms with E-state index in [4.69, 9.17) is 5.26 Å². The lowest BCUT2D eigenvalue weighted by Gasteiger charge is -2.33. The van der Waals surface area contributed by atoms with Crippen LogP contribution in [0.15, 0.2) is 66.7 Å². The van der Waals surface area contributed by atoms with Crippen LogP contribution in [-0.2, 0) is 4.79 Å². The van der Waals surface area contributed by atoms with Gasteiger partial charge < -0.3 is 10.4 Å². The van der Waals surface area contributed by atoms with Gasteiger partial charge in [0.2, 0.25) is 0 Å². The minimum Gasteiger partial charge on any atom is -0.481 e. The number of amides is 1. The molecule has 0 heterocycles. The Hall–Kier alpha value is -3.65. The molecule has 3 aromatic carbocycles. The van der Waals surface area contributed by atoms with Crippen LogP contribution in [0.3, 0.4) is 0 Å². The zero-order valence-electron chi connectivity index (χ0n) is 15.6. The minimum absolute atomic E-state index is 0.370. The second-order valence-corrected chi connectivity index (χ2v) is 7.24. The summed E-state index contributed by atoms with van der Waals surface area (Å²) in [5.74, 6) is -2.33. The van der Waals surface area contributed by atoms with Gasteiger partial charge in [0.05, 0.1) is 17.2 Å². The van der Waals surface area contributed by atoms with Crippen molar-refractivity contribution >= 4 is 22.6 Å². The Balaban J connectivity index is 1.91. The predicted molar refractivity (Wildman–Crippen MR) is 107 cm³/mol. The summed E-state index contributed by atoms with van der Waals surface area (Å²) < 4.78 is 0. The number of aliphatic carboxylic acids is 1. The van der Waals surface area contributed by atoms with Crippen molar-refractivity contribution in [2.75, 3.05) is 0 Å². The second-order valence-electron chi connectivity index (χ2n) is 7.24. The SMILES string of the molecule is CC(C)(NC(=O)c1ccc(C#N)cc1)C(C(=O)O)c1ccc2ccccc2c1. The first-order valence-corrected chi connectivity index (χ1v) is 8.86. The summed E-state index contributed by atoms with van der Waals surface area (Å²) in [6.07, 6.45) is 0. The molecular weight excluding hydrogens is 352 g/mol. The number of carboxylic acids is 1. The molecule has 0 saturated carbocycles. The first-order chi connectivity index (χ1) is 13.3. The molecule has 3 aromatic rings. The lowest BCUT2D eigenvalue weighted by Crippen LogP contribution is -2.50. The van der Waals surface area contributed by atoms with Crippen molar-refractivity contribution in [3.63, 3.8) is 0 Å². The average molecular weight is 372 g/mol. The van der Waals surface area contributed by atoms with Gasteiger partial charge in [-0.25, -0.2) is 0 Å². The third kappa shape index (κ3) is 3.86. The first-order valence-electron chi connectivity index (χ1n) is 8.86. The number of rotatable bonds is 5. The van der Waals surface area contributed by atoms with Crippen LogP contribution in [0.25, 0.3) is 10.8 Å². The number of carbonyl (C=O) groups is 2. The van der Waals surface area contributed by atoms with E-state index >= 15 is 0 Å². The van der Waals surface area contributed by atoms with E-state index in [2.05, 4.69) is 5.32 Å². The third-order valence-electron chi connectivity index (χ3n) is 4.79. The minimum atomic E-state index is -1.04. The highest BCUT2D eigenvalue weighted by atomic mass is 16.4. The lowest BCUT2D eigenvalue weighted by molar-refractivity contribution is -0.140. The van der Waals surface area contributed by atoms with Gasteiger partial charge >= 0.3 is 5.97 Å². The topological polar surface area (TPSA) is 90.2 Å². The van der Waals surface area contributed by atoms with E-state index in [1.54, 1.807) is 44.2 Å². The Kier molecular flexibility index (Phi) is 5.14. The van der Waals surface area contributed by atoms with Crippen LogP contribution >= 0.6 is 0 Å². The molecule has 0 aliphatic carbocycles. The molecule has 2 N–H and O–H groups in total. The molecule has 28 heavy (non-hydrogen) atoms. The molecule has 0 saturated heterocycles. The fraction of sp³-hybridized carbons (Fsp3) is 0.174. The summed E-state index contributed by atoms with van der Waals surface area (Å²) in [5.41, 5.74) is 0.403. The first kappa shape index (κ1) is 19.1. The van der Waals surface area contributed by atoms with Crippen molar-refractivity contribution in [2.24, 2.45) is 0 Å². The smallest absolute Gasteiger partial charge is 0.313 e. The van der Waals surface area contributed by atoms with Crippen LogP contribution < -0.4 is 5.32 Å². The van der Waals surface area contributed by atoms with Gasteiger partial charge in [-0.2, -0.15) is 5.26 Å². The molecule has 140 valence electrons. The molecule has 0 spiro atoms. The number of nitrogens with zero attached hydrogens (tertiary/aromatic N) is 1. The number of nitrogens with one attached hydrogen (secondary N) is 1. The van der Waals surface area contributed by atoms with Gasteiger partial charge in [0.25, 0.3) is 5.91 Å². The molecule has 5 heteroatoms. The molecular formula is C23H20N2O3. The van der Waals surface area contributed by atoms with E-state index in [9.17, 15) is 14.7 Å². The Morgan fingerprint density at radius 2 is 1.64 bits per heavy atom. The van der Waals surface area contributed by atoms with Crippen molar-refractivity contribution in [1.82, 2.24) is 5.32 Å². The van der Waals surface area contributed by atoms with Crippen LogP contribution in [0.2, 0.25) is 0 Å². The number of carboxylic acid groups (broad SMARTS) is 1. The standard InChI is InChI=1S/C23H20N2O3/c1-23(2,25-21(26)17-9-7-15(14-24)8-10-17)20(22(27)28)19-12-11-16-5-3-4-6-18(16)13-19/h3-13,20H,1-2H3,(H,25,26)(H,27,28). The van der Waals surface area contributed by atoms with Crippen LogP contribution in [0, 0.1) is 11.3 Å². The fourth-order valence-corrected chi connectivity index (χ4v) is 3.39. The Labute approximate surface area is 163 Å². The molecule has 0 aromatic heterocycles. The van der Waals surface area contributed by atoms with Gasteiger partial charge in [0.15, 0.2) is 0 Å². The van der Waals surface area contributed by atoms with E-state index in [-0.39, 0.29) is 5.91 Å². The van der Waals surface area contributed by atoms with Crippen molar-refractivity contribution in [2.45, 2.75) is 25.3 Å². The summed E-state index contributed by atoms with van der Waals surface area (Å²) >= 11 is 0. The number of hydrogen-bond acceptors (Lipinski definition) is 3. The normalized spacial score (nSPS) is 12.2. The average Bonchev–Trinajstić information content (AvgIpc) is 2.67. The van der Waals surface area contributed by atoms with E-state index in [0.717, 1.165) is 10.8 Å². The fourth-order valence-electron chi connectivity index (χ4n) is 3.39. The van der Waals surface area contributed by atoms with Gasteiger partial charge in [-0.05, 0) is 54.4 Å². The van der Waals surface area contributed by atoms with Gasteiger partial charge in [-0.3, -0.25) is 9.59 Å². The summed E-state index contributed by atoms with van der Waals surface area (Å²) in [6, 6.07) is 21.5. The molecule has 0 aliphatic rings. The van der Waals surface area contributed by atoms with Gasteiger partial charge in [0, 0.05) is 5.56 Å². The molecule has 1 atom stereocenters. The highest BCUT2D eigenvalue weighted by molar-refractivity contribution is 5.95. The maximum atomic E-state index is 12.6. The summed E-state index contributed by atoms with van der Waals surface area (Å²) in [6.45, 7) is 3.39. The zero-order chi connectivity index (χ0) is 20.3. The Morgan fingerprint density at radius 3 is 2.25 bits per heavy atom. The van der Waals surface area contributed by atoms with Gasteiger partial charge in [0.1, 0.15) is 5.92 Å². The molecule has 0 aliphatic heterocycles. The number of nitriles is 1. The highest BCUT2D eigenvalue weighted by Crippen LogP contribution is 2.31.